The van der Waals surface area contributed by atoms with Gasteiger partial charge in [-0.3, -0.25) is 15.6 Å². The topological polar surface area (TPSA) is 53.2 Å². The fraction of sp³-hybridized carbons (Fsp3) is 0.467. The average molecular weight is 309 g/mol. The van der Waals surface area contributed by atoms with Crippen LogP contribution < -0.4 is 16.2 Å². The molecule has 4 nitrogen and oxygen atoms in total. The van der Waals surface area contributed by atoms with E-state index >= 15 is 0 Å². The van der Waals surface area contributed by atoms with E-state index in [2.05, 4.69) is 16.2 Å². The normalized spacial score (nSPS) is 14.7. The molecule has 0 saturated heterocycles. The predicted octanol–water partition coefficient (Wildman–Crippen LogP) is 3.11. The summed E-state index contributed by atoms with van der Waals surface area (Å²) in [5, 5.41) is 3.13. The van der Waals surface area contributed by atoms with Crippen molar-refractivity contribution in [2.24, 2.45) is 5.92 Å². The first-order valence-corrected chi connectivity index (χ1v) is 7.66. The summed E-state index contributed by atoms with van der Waals surface area (Å²) < 4.78 is 12.8. The molecule has 0 aliphatic heterocycles. The van der Waals surface area contributed by atoms with Crippen LogP contribution in [0.2, 0.25) is 0 Å². The van der Waals surface area contributed by atoms with E-state index in [0.29, 0.717) is 18.0 Å². The van der Waals surface area contributed by atoms with Crippen molar-refractivity contribution < 1.29 is 9.18 Å². The molecule has 6 heteroatoms. The summed E-state index contributed by atoms with van der Waals surface area (Å²) in [6.07, 6.45) is 6.51. The van der Waals surface area contributed by atoms with E-state index in [1.165, 1.54) is 37.8 Å². The highest BCUT2D eigenvalue weighted by atomic mass is 32.1. The molecule has 0 unspecified atom stereocenters. The first kappa shape index (κ1) is 15.7. The van der Waals surface area contributed by atoms with E-state index in [1.54, 1.807) is 12.1 Å². The summed E-state index contributed by atoms with van der Waals surface area (Å²) in [7, 11) is 0. The van der Waals surface area contributed by atoms with Gasteiger partial charge in [0.1, 0.15) is 5.82 Å². The lowest BCUT2D eigenvalue weighted by Crippen LogP contribution is -2.43. The largest absolute Gasteiger partial charge is 0.331 e. The molecular formula is C15H20FN3OS. The lowest BCUT2D eigenvalue weighted by molar-refractivity contribution is -0.121. The van der Waals surface area contributed by atoms with Gasteiger partial charge in [0.2, 0.25) is 5.91 Å². The molecule has 0 heterocycles. The van der Waals surface area contributed by atoms with Crippen molar-refractivity contribution in [3.05, 3.63) is 30.1 Å². The van der Waals surface area contributed by atoms with Gasteiger partial charge in [-0.05, 0) is 48.8 Å². The number of hydrogen-bond donors (Lipinski definition) is 3. The number of hydrogen-bond acceptors (Lipinski definition) is 2. The Labute approximate surface area is 129 Å². The second-order valence-electron chi connectivity index (χ2n) is 5.32. The SMILES string of the molecule is O=C(CCC1CCCC1)NNC(=S)Nc1ccc(F)cc1. The van der Waals surface area contributed by atoms with Gasteiger partial charge in [-0.25, -0.2) is 4.39 Å². The monoisotopic (exact) mass is 309 g/mol. The van der Waals surface area contributed by atoms with Crippen LogP contribution in [0.1, 0.15) is 38.5 Å². The van der Waals surface area contributed by atoms with Gasteiger partial charge < -0.3 is 5.32 Å². The van der Waals surface area contributed by atoms with Crippen LogP contribution in [0.5, 0.6) is 0 Å². The highest BCUT2D eigenvalue weighted by molar-refractivity contribution is 7.80. The minimum absolute atomic E-state index is 0.0647. The molecule has 114 valence electrons. The third-order valence-electron chi connectivity index (χ3n) is 3.67. The van der Waals surface area contributed by atoms with E-state index in [-0.39, 0.29) is 16.8 Å². The third kappa shape index (κ3) is 5.67. The Morgan fingerprint density at radius 3 is 2.52 bits per heavy atom. The maximum absolute atomic E-state index is 12.8. The Morgan fingerprint density at radius 2 is 1.86 bits per heavy atom. The van der Waals surface area contributed by atoms with E-state index in [1.807, 2.05) is 0 Å². The second-order valence-corrected chi connectivity index (χ2v) is 5.73. The van der Waals surface area contributed by atoms with Crippen LogP contribution in [0.25, 0.3) is 0 Å². The van der Waals surface area contributed by atoms with Gasteiger partial charge in [0.15, 0.2) is 5.11 Å². The summed E-state index contributed by atoms with van der Waals surface area (Å²) >= 11 is 5.05. The molecule has 1 aromatic carbocycles. The molecule has 0 aromatic heterocycles. The maximum atomic E-state index is 12.8. The van der Waals surface area contributed by atoms with E-state index < -0.39 is 0 Å². The van der Waals surface area contributed by atoms with Crippen LogP contribution in [-0.4, -0.2) is 11.0 Å². The zero-order valence-electron chi connectivity index (χ0n) is 11.8. The molecule has 0 bridgehead atoms. The molecule has 1 fully saturated rings. The number of nitrogens with one attached hydrogen (secondary N) is 3. The molecule has 21 heavy (non-hydrogen) atoms. The van der Waals surface area contributed by atoms with Crippen molar-refractivity contribution in [2.45, 2.75) is 38.5 Å². The highest BCUT2D eigenvalue weighted by Gasteiger charge is 2.16. The van der Waals surface area contributed by atoms with Crippen LogP contribution in [0.4, 0.5) is 10.1 Å². The second kappa shape index (κ2) is 7.93. The van der Waals surface area contributed by atoms with Crippen molar-refractivity contribution in [3.8, 4) is 0 Å². The van der Waals surface area contributed by atoms with Crippen molar-refractivity contribution in [1.29, 1.82) is 0 Å². The predicted molar refractivity (Wildman–Crippen MR) is 85.1 cm³/mol. The fourth-order valence-electron chi connectivity index (χ4n) is 2.52. The van der Waals surface area contributed by atoms with Gasteiger partial charge >= 0.3 is 0 Å². The Kier molecular flexibility index (Phi) is 5.92. The summed E-state index contributed by atoms with van der Waals surface area (Å²) in [6, 6.07) is 5.83. The van der Waals surface area contributed by atoms with Crippen LogP contribution in [0.15, 0.2) is 24.3 Å². The van der Waals surface area contributed by atoms with Crippen molar-refractivity contribution in [1.82, 2.24) is 10.9 Å². The van der Waals surface area contributed by atoms with Gasteiger partial charge in [-0.1, -0.05) is 25.7 Å². The maximum Gasteiger partial charge on any atom is 0.238 e. The molecule has 1 amide bonds. The lowest BCUT2D eigenvalue weighted by Gasteiger charge is -2.12. The summed E-state index contributed by atoms with van der Waals surface area (Å²) in [5.41, 5.74) is 5.88. The van der Waals surface area contributed by atoms with Gasteiger partial charge in [-0.15, -0.1) is 0 Å². The van der Waals surface area contributed by atoms with E-state index in [9.17, 15) is 9.18 Å². The number of benzene rings is 1. The highest BCUT2D eigenvalue weighted by Crippen LogP contribution is 2.28. The zero-order valence-corrected chi connectivity index (χ0v) is 12.6. The molecular weight excluding hydrogens is 289 g/mol. The van der Waals surface area contributed by atoms with Gasteiger partial charge in [-0.2, -0.15) is 0 Å². The van der Waals surface area contributed by atoms with Crippen LogP contribution in [0, 0.1) is 11.7 Å². The first-order valence-electron chi connectivity index (χ1n) is 7.25. The molecule has 0 radical (unpaired) electrons. The van der Waals surface area contributed by atoms with Gasteiger partial charge in [0.05, 0.1) is 0 Å². The van der Waals surface area contributed by atoms with E-state index in [4.69, 9.17) is 12.2 Å². The first-order chi connectivity index (χ1) is 10.1. The van der Waals surface area contributed by atoms with Crippen LogP contribution >= 0.6 is 12.2 Å². The average Bonchev–Trinajstić information content (AvgIpc) is 2.99. The Bertz CT molecular complexity index is 486. The number of carbonyl (C=O) groups is 1. The smallest absolute Gasteiger partial charge is 0.238 e. The number of halogens is 1. The zero-order chi connectivity index (χ0) is 15.1. The van der Waals surface area contributed by atoms with E-state index in [0.717, 1.165) is 6.42 Å². The minimum atomic E-state index is -0.306. The number of thiocarbonyl (C=S) groups is 1. The third-order valence-corrected chi connectivity index (χ3v) is 3.88. The molecule has 1 aliphatic rings. The number of rotatable bonds is 4. The minimum Gasteiger partial charge on any atom is -0.331 e. The Hall–Kier alpha value is -1.69. The van der Waals surface area contributed by atoms with Crippen molar-refractivity contribution in [3.63, 3.8) is 0 Å². The quantitative estimate of drug-likeness (QED) is 0.591. The number of hydrazine groups is 1. The number of anilines is 1. The number of amides is 1. The summed E-state index contributed by atoms with van der Waals surface area (Å²) in [5.74, 6) is 0.324. The summed E-state index contributed by atoms with van der Waals surface area (Å²) in [4.78, 5) is 11.7. The molecule has 0 spiro atoms. The van der Waals surface area contributed by atoms with Gasteiger partial charge in [0.25, 0.3) is 0 Å². The fourth-order valence-corrected chi connectivity index (χ4v) is 2.69. The Morgan fingerprint density at radius 1 is 1.19 bits per heavy atom. The molecule has 3 N–H and O–H groups in total. The summed E-state index contributed by atoms with van der Waals surface area (Å²) in [6.45, 7) is 0. The van der Waals surface area contributed by atoms with Crippen molar-refractivity contribution in [2.75, 3.05) is 5.32 Å². The Balaban J connectivity index is 1.63. The van der Waals surface area contributed by atoms with Crippen LogP contribution in [-0.2, 0) is 4.79 Å². The van der Waals surface area contributed by atoms with Crippen LogP contribution in [0.3, 0.4) is 0 Å². The number of carbonyl (C=O) groups excluding carboxylic acids is 1. The lowest BCUT2D eigenvalue weighted by atomic mass is 10.0. The molecule has 0 atom stereocenters. The van der Waals surface area contributed by atoms with Crippen molar-refractivity contribution >= 4 is 28.9 Å². The molecule has 2 rings (SSSR count). The molecule has 1 aromatic rings. The van der Waals surface area contributed by atoms with Gasteiger partial charge in [0, 0.05) is 12.1 Å². The standard InChI is InChI=1S/C15H20FN3OS/c16-12-6-8-13(9-7-12)17-15(21)19-18-14(20)10-5-11-3-1-2-4-11/h6-9,11H,1-5,10H2,(H,18,20)(H2,17,19,21). The molecule has 1 saturated carbocycles. The molecule has 1 aliphatic carbocycles.